The van der Waals surface area contributed by atoms with Crippen LogP contribution in [0.3, 0.4) is 0 Å². The van der Waals surface area contributed by atoms with Gasteiger partial charge < -0.3 is 20.7 Å². The van der Waals surface area contributed by atoms with Crippen LogP contribution in [0.15, 0.2) is 0 Å². The maximum atomic E-state index is 11.8. The van der Waals surface area contributed by atoms with Crippen LogP contribution in [0.25, 0.3) is 0 Å². The number of nitrogens with one attached hydrogen (secondary N) is 1. The van der Waals surface area contributed by atoms with Crippen molar-refractivity contribution in [2.75, 3.05) is 37.8 Å². The van der Waals surface area contributed by atoms with E-state index in [1.165, 1.54) is 7.11 Å². The number of hydrogen-bond donors (Lipinski definition) is 2. The summed E-state index contributed by atoms with van der Waals surface area (Å²) >= 11 is 0. The molecule has 19 heavy (non-hydrogen) atoms. The van der Waals surface area contributed by atoms with Gasteiger partial charge in [-0.15, -0.1) is 0 Å². The third kappa shape index (κ3) is 4.57. The van der Waals surface area contributed by atoms with Gasteiger partial charge in [-0.1, -0.05) is 0 Å². The number of aromatic nitrogens is 3. The summed E-state index contributed by atoms with van der Waals surface area (Å²) in [6.07, 6.45) is 0.371. The molecule has 0 aliphatic rings. The molecular weight excluding hydrogens is 248 g/mol. The van der Waals surface area contributed by atoms with Gasteiger partial charge in [-0.05, 0) is 13.8 Å². The number of carbonyl (C=O) groups excluding carboxylic acids is 1. The largest absolute Gasteiger partial charge is 0.467 e. The van der Waals surface area contributed by atoms with E-state index in [4.69, 9.17) is 10.5 Å². The van der Waals surface area contributed by atoms with Gasteiger partial charge in [0.1, 0.15) is 0 Å². The van der Waals surface area contributed by atoms with E-state index in [1.807, 2.05) is 13.8 Å². The molecular formula is C11H20N6O2. The zero-order valence-corrected chi connectivity index (χ0v) is 11.5. The van der Waals surface area contributed by atoms with Crippen LogP contribution >= 0.6 is 0 Å². The number of rotatable bonds is 7. The van der Waals surface area contributed by atoms with Crippen molar-refractivity contribution in [3.05, 3.63) is 0 Å². The maximum Gasteiger partial charge on any atom is 0.322 e. The third-order valence-electron chi connectivity index (χ3n) is 2.55. The third-order valence-corrected chi connectivity index (χ3v) is 2.55. The average molecular weight is 268 g/mol. The molecule has 0 radical (unpaired) electrons. The number of methoxy groups -OCH3 is 1. The van der Waals surface area contributed by atoms with Crippen molar-refractivity contribution in [2.24, 2.45) is 0 Å². The topological polar surface area (TPSA) is 106 Å². The maximum absolute atomic E-state index is 11.8. The first kappa shape index (κ1) is 14.9. The summed E-state index contributed by atoms with van der Waals surface area (Å²) < 4.78 is 4.88. The molecule has 0 bridgehead atoms. The van der Waals surface area contributed by atoms with Crippen LogP contribution in [0.1, 0.15) is 20.3 Å². The number of hydrogen-bond acceptors (Lipinski definition) is 7. The van der Waals surface area contributed by atoms with Gasteiger partial charge >= 0.3 is 6.01 Å². The quantitative estimate of drug-likeness (QED) is 0.724. The summed E-state index contributed by atoms with van der Waals surface area (Å²) in [5, 5.41) is 2.92. The number of ether oxygens (including phenoxy) is 1. The van der Waals surface area contributed by atoms with Crippen LogP contribution in [-0.4, -0.2) is 52.5 Å². The molecule has 1 aromatic heterocycles. The molecule has 0 unspecified atom stereocenters. The summed E-state index contributed by atoms with van der Waals surface area (Å²) in [7, 11) is 1.45. The average Bonchev–Trinajstić information content (AvgIpc) is 2.39. The highest BCUT2D eigenvalue weighted by atomic mass is 16.5. The number of anilines is 2. The van der Waals surface area contributed by atoms with Crippen LogP contribution in [-0.2, 0) is 4.79 Å². The minimum Gasteiger partial charge on any atom is -0.467 e. The minimum absolute atomic E-state index is 0.0735. The van der Waals surface area contributed by atoms with Crippen molar-refractivity contribution in [2.45, 2.75) is 20.3 Å². The van der Waals surface area contributed by atoms with Crippen LogP contribution in [0, 0.1) is 0 Å². The number of amides is 1. The molecule has 0 atom stereocenters. The van der Waals surface area contributed by atoms with E-state index in [9.17, 15) is 4.79 Å². The van der Waals surface area contributed by atoms with E-state index in [2.05, 4.69) is 20.3 Å². The standard InChI is InChI=1S/C11H20N6O2/c1-4-17(5-2)8(18)6-7-13-10-14-9(12)15-11(16-10)19-3/h4-7H2,1-3H3,(H3,12,13,14,15,16). The van der Waals surface area contributed by atoms with Crippen molar-refractivity contribution < 1.29 is 9.53 Å². The predicted octanol–water partition coefficient (Wildman–Crippen LogP) is 0.133. The fourth-order valence-electron chi connectivity index (χ4n) is 1.56. The monoisotopic (exact) mass is 268 g/mol. The summed E-state index contributed by atoms with van der Waals surface area (Å²) in [4.78, 5) is 25.2. The molecule has 0 aromatic carbocycles. The van der Waals surface area contributed by atoms with Gasteiger partial charge in [-0.2, -0.15) is 15.0 Å². The van der Waals surface area contributed by atoms with Gasteiger partial charge in [0.05, 0.1) is 7.11 Å². The molecule has 1 rings (SSSR count). The number of carbonyl (C=O) groups is 1. The second kappa shape index (κ2) is 7.34. The molecule has 1 aromatic rings. The second-order valence-electron chi connectivity index (χ2n) is 3.75. The van der Waals surface area contributed by atoms with Crippen molar-refractivity contribution in [3.63, 3.8) is 0 Å². The Kier molecular flexibility index (Phi) is 5.77. The van der Waals surface area contributed by atoms with E-state index in [0.29, 0.717) is 32.0 Å². The van der Waals surface area contributed by atoms with Crippen molar-refractivity contribution in [1.82, 2.24) is 19.9 Å². The Hall–Kier alpha value is -2.12. The molecule has 0 spiro atoms. The Morgan fingerprint density at radius 3 is 2.58 bits per heavy atom. The number of nitrogens with zero attached hydrogens (tertiary/aromatic N) is 4. The highest BCUT2D eigenvalue weighted by molar-refractivity contribution is 5.76. The van der Waals surface area contributed by atoms with Gasteiger partial charge in [-0.25, -0.2) is 0 Å². The molecule has 0 saturated heterocycles. The van der Waals surface area contributed by atoms with Crippen molar-refractivity contribution in [3.8, 4) is 6.01 Å². The lowest BCUT2D eigenvalue weighted by Crippen LogP contribution is -2.31. The molecule has 8 heteroatoms. The molecule has 0 aliphatic heterocycles. The van der Waals surface area contributed by atoms with Gasteiger partial charge in [0.2, 0.25) is 17.8 Å². The van der Waals surface area contributed by atoms with Crippen LogP contribution in [0.2, 0.25) is 0 Å². The summed E-state index contributed by atoms with van der Waals surface area (Å²) in [5.74, 6) is 0.465. The van der Waals surface area contributed by atoms with Crippen molar-refractivity contribution >= 4 is 17.8 Å². The molecule has 0 fully saturated rings. The zero-order chi connectivity index (χ0) is 14.3. The summed E-state index contributed by atoms with van der Waals surface area (Å²) in [6.45, 7) is 5.75. The number of nitrogen functional groups attached to an aromatic ring is 1. The van der Waals surface area contributed by atoms with Crippen LogP contribution in [0.4, 0.5) is 11.9 Å². The molecule has 1 heterocycles. The second-order valence-corrected chi connectivity index (χ2v) is 3.75. The first-order chi connectivity index (χ1) is 9.10. The lowest BCUT2D eigenvalue weighted by Gasteiger charge is -2.18. The smallest absolute Gasteiger partial charge is 0.322 e. The predicted molar refractivity (Wildman–Crippen MR) is 71.8 cm³/mol. The Labute approximate surface area is 112 Å². The SMILES string of the molecule is CCN(CC)C(=O)CCNc1nc(N)nc(OC)n1. The van der Waals surface area contributed by atoms with Crippen LogP contribution < -0.4 is 15.8 Å². The van der Waals surface area contributed by atoms with E-state index in [1.54, 1.807) is 4.90 Å². The zero-order valence-electron chi connectivity index (χ0n) is 11.5. The molecule has 8 nitrogen and oxygen atoms in total. The summed E-state index contributed by atoms with van der Waals surface area (Å²) in [6, 6.07) is 0.144. The van der Waals surface area contributed by atoms with E-state index < -0.39 is 0 Å². The molecule has 0 saturated carbocycles. The fourth-order valence-corrected chi connectivity index (χ4v) is 1.56. The Morgan fingerprint density at radius 2 is 2.00 bits per heavy atom. The first-order valence-electron chi connectivity index (χ1n) is 6.17. The Morgan fingerprint density at radius 1 is 1.32 bits per heavy atom. The van der Waals surface area contributed by atoms with E-state index in [0.717, 1.165) is 0 Å². The molecule has 1 amide bonds. The van der Waals surface area contributed by atoms with Gasteiger partial charge in [0, 0.05) is 26.1 Å². The molecule has 106 valence electrons. The normalized spacial score (nSPS) is 10.1. The highest BCUT2D eigenvalue weighted by Crippen LogP contribution is 2.08. The van der Waals surface area contributed by atoms with Gasteiger partial charge in [0.25, 0.3) is 0 Å². The molecule has 0 aliphatic carbocycles. The highest BCUT2D eigenvalue weighted by Gasteiger charge is 2.09. The number of nitrogens with two attached hydrogens (primary N) is 1. The van der Waals surface area contributed by atoms with E-state index in [-0.39, 0.29) is 17.9 Å². The lowest BCUT2D eigenvalue weighted by molar-refractivity contribution is -0.130. The minimum atomic E-state index is 0.0735. The van der Waals surface area contributed by atoms with Crippen molar-refractivity contribution in [1.29, 1.82) is 0 Å². The van der Waals surface area contributed by atoms with Gasteiger partial charge in [0.15, 0.2) is 0 Å². The first-order valence-corrected chi connectivity index (χ1v) is 6.17. The Balaban J connectivity index is 2.49. The summed E-state index contributed by atoms with van der Waals surface area (Å²) in [5.41, 5.74) is 5.50. The van der Waals surface area contributed by atoms with E-state index >= 15 is 0 Å². The van der Waals surface area contributed by atoms with Crippen LogP contribution in [0.5, 0.6) is 6.01 Å². The van der Waals surface area contributed by atoms with Gasteiger partial charge in [-0.3, -0.25) is 4.79 Å². The fraction of sp³-hybridized carbons (Fsp3) is 0.636. The molecule has 3 N–H and O–H groups in total. The Bertz CT molecular complexity index is 422. The lowest BCUT2D eigenvalue weighted by atomic mass is 10.3.